The molecule has 3 nitrogen and oxygen atoms in total. The van der Waals surface area contributed by atoms with Gasteiger partial charge in [-0.25, -0.2) is 0 Å². The summed E-state index contributed by atoms with van der Waals surface area (Å²) < 4.78 is 0. The summed E-state index contributed by atoms with van der Waals surface area (Å²) in [6.45, 7) is 5.67. The van der Waals surface area contributed by atoms with E-state index in [2.05, 4.69) is 36.0 Å². The van der Waals surface area contributed by atoms with Crippen LogP contribution in [0.1, 0.15) is 32.0 Å². The third-order valence-corrected chi connectivity index (χ3v) is 3.84. The lowest BCUT2D eigenvalue weighted by Gasteiger charge is -2.26. The van der Waals surface area contributed by atoms with Gasteiger partial charge in [-0.15, -0.1) is 0 Å². The third-order valence-electron chi connectivity index (χ3n) is 3.14. The first-order chi connectivity index (χ1) is 7.72. The molecule has 1 aromatic rings. The number of nitrogens with one attached hydrogen (secondary N) is 1. The van der Waals surface area contributed by atoms with Crippen LogP contribution in [0.15, 0.2) is 16.8 Å². The lowest BCUT2D eigenvalue weighted by atomic mass is 10.1. The van der Waals surface area contributed by atoms with Crippen molar-refractivity contribution in [3.63, 3.8) is 0 Å². The Kier molecular flexibility index (Phi) is 3.61. The van der Waals surface area contributed by atoms with Gasteiger partial charge in [0, 0.05) is 6.54 Å². The molecule has 0 spiro atoms. The topological polar surface area (TPSA) is 32.3 Å². The second-order valence-electron chi connectivity index (χ2n) is 4.40. The molecule has 0 saturated carbocycles. The highest BCUT2D eigenvalue weighted by Gasteiger charge is 2.32. The van der Waals surface area contributed by atoms with Gasteiger partial charge in [0.25, 0.3) is 0 Å². The van der Waals surface area contributed by atoms with E-state index in [1.807, 2.05) is 4.90 Å². The standard InChI is InChI=1S/C12H18N2OS/c1-3-9(2)7-14-11(15)6-13-12(14)10-4-5-16-8-10/h4-5,8-9,12-13H,3,6-7H2,1-2H3. The van der Waals surface area contributed by atoms with Crippen LogP contribution in [-0.4, -0.2) is 23.9 Å². The van der Waals surface area contributed by atoms with Crippen molar-refractivity contribution in [2.75, 3.05) is 13.1 Å². The Labute approximate surface area is 100 Å². The molecule has 1 saturated heterocycles. The van der Waals surface area contributed by atoms with Crippen LogP contribution in [0.5, 0.6) is 0 Å². The van der Waals surface area contributed by atoms with Crippen molar-refractivity contribution in [1.29, 1.82) is 0 Å². The fourth-order valence-corrected chi connectivity index (χ4v) is 2.62. The zero-order valence-electron chi connectivity index (χ0n) is 9.77. The molecule has 4 heteroatoms. The Bertz CT molecular complexity index is 350. The van der Waals surface area contributed by atoms with Gasteiger partial charge < -0.3 is 4.90 Å². The highest BCUT2D eigenvalue weighted by atomic mass is 32.1. The Morgan fingerprint density at radius 2 is 2.50 bits per heavy atom. The summed E-state index contributed by atoms with van der Waals surface area (Å²) >= 11 is 1.68. The van der Waals surface area contributed by atoms with E-state index in [-0.39, 0.29) is 12.1 Å². The molecule has 1 aliphatic heterocycles. The van der Waals surface area contributed by atoms with Gasteiger partial charge in [0.05, 0.1) is 6.54 Å². The van der Waals surface area contributed by atoms with Crippen LogP contribution in [0.3, 0.4) is 0 Å². The van der Waals surface area contributed by atoms with Crippen LogP contribution in [0.25, 0.3) is 0 Å². The fraction of sp³-hybridized carbons (Fsp3) is 0.583. The van der Waals surface area contributed by atoms with Gasteiger partial charge in [-0.1, -0.05) is 20.3 Å². The Morgan fingerprint density at radius 3 is 3.12 bits per heavy atom. The molecule has 0 bridgehead atoms. The van der Waals surface area contributed by atoms with Crippen LogP contribution in [0.2, 0.25) is 0 Å². The molecule has 2 atom stereocenters. The van der Waals surface area contributed by atoms with Crippen molar-refractivity contribution in [3.05, 3.63) is 22.4 Å². The Balaban J connectivity index is 2.10. The summed E-state index contributed by atoms with van der Waals surface area (Å²) in [5.74, 6) is 0.779. The van der Waals surface area contributed by atoms with E-state index < -0.39 is 0 Å². The van der Waals surface area contributed by atoms with E-state index >= 15 is 0 Å². The number of hydrogen-bond donors (Lipinski definition) is 1. The monoisotopic (exact) mass is 238 g/mol. The van der Waals surface area contributed by atoms with Gasteiger partial charge in [-0.2, -0.15) is 11.3 Å². The Morgan fingerprint density at radius 1 is 1.69 bits per heavy atom. The average molecular weight is 238 g/mol. The molecule has 0 aromatic carbocycles. The minimum atomic E-state index is 0.0905. The molecule has 0 radical (unpaired) electrons. The highest BCUT2D eigenvalue weighted by Crippen LogP contribution is 2.25. The van der Waals surface area contributed by atoms with Crippen LogP contribution in [0.4, 0.5) is 0 Å². The van der Waals surface area contributed by atoms with E-state index in [1.54, 1.807) is 11.3 Å². The van der Waals surface area contributed by atoms with Crippen LogP contribution < -0.4 is 5.32 Å². The SMILES string of the molecule is CCC(C)CN1C(=O)CNC1c1ccsc1. The highest BCUT2D eigenvalue weighted by molar-refractivity contribution is 7.07. The van der Waals surface area contributed by atoms with Crippen molar-refractivity contribution in [1.82, 2.24) is 10.2 Å². The predicted octanol–water partition coefficient (Wildman–Crippen LogP) is 2.22. The molecule has 2 heterocycles. The second-order valence-corrected chi connectivity index (χ2v) is 5.18. The van der Waals surface area contributed by atoms with Crippen LogP contribution in [-0.2, 0) is 4.79 Å². The molecule has 0 aliphatic carbocycles. The molecule has 2 rings (SSSR count). The van der Waals surface area contributed by atoms with E-state index in [1.165, 1.54) is 5.56 Å². The number of rotatable bonds is 4. The predicted molar refractivity (Wildman–Crippen MR) is 66.2 cm³/mol. The van der Waals surface area contributed by atoms with Crippen molar-refractivity contribution in [2.24, 2.45) is 5.92 Å². The number of nitrogens with zero attached hydrogens (tertiary/aromatic N) is 1. The molecule has 1 amide bonds. The summed E-state index contributed by atoms with van der Waals surface area (Å²) in [6.07, 6.45) is 1.20. The lowest BCUT2D eigenvalue weighted by molar-refractivity contribution is -0.128. The van der Waals surface area contributed by atoms with Gasteiger partial charge in [0.1, 0.15) is 6.17 Å². The zero-order valence-corrected chi connectivity index (χ0v) is 10.6. The Hall–Kier alpha value is -0.870. The molecular weight excluding hydrogens is 220 g/mol. The zero-order chi connectivity index (χ0) is 11.5. The van der Waals surface area contributed by atoms with Gasteiger partial charge in [-0.3, -0.25) is 10.1 Å². The molecule has 1 aromatic heterocycles. The number of thiophene rings is 1. The molecule has 1 N–H and O–H groups in total. The molecule has 2 unspecified atom stereocenters. The first-order valence-electron chi connectivity index (χ1n) is 5.77. The minimum absolute atomic E-state index is 0.0905. The van der Waals surface area contributed by atoms with E-state index in [4.69, 9.17) is 0 Å². The number of amides is 1. The van der Waals surface area contributed by atoms with Gasteiger partial charge >= 0.3 is 0 Å². The second kappa shape index (κ2) is 4.97. The van der Waals surface area contributed by atoms with E-state index in [0.29, 0.717) is 12.5 Å². The molecule has 16 heavy (non-hydrogen) atoms. The summed E-state index contributed by atoms with van der Waals surface area (Å²) in [5, 5.41) is 7.44. The summed E-state index contributed by atoms with van der Waals surface area (Å²) in [7, 11) is 0. The summed E-state index contributed by atoms with van der Waals surface area (Å²) in [6, 6.07) is 2.09. The molecule has 1 aliphatic rings. The lowest BCUT2D eigenvalue weighted by Crippen LogP contribution is -2.33. The summed E-state index contributed by atoms with van der Waals surface area (Å²) in [4.78, 5) is 13.8. The maximum atomic E-state index is 11.8. The fourth-order valence-electron chi connectivity index (χ4n) is 1.94. The number of carbonyl (C=O) groups is 1. The van der Waals surface area contributed by atoms with Gasteiger partial charge in [0.2, 0.25) is 5.91 Å². The largest absolute Gasteiger partial charge is 0.322 e. The maximum Gasteiger partial charge on any atom is 0.238 e. The molecular formula is C12H18N2OS. The number of hydrogen-bond acceptors (Lipinski definition) is 3. The maximum absolute atomic E-state index is 11.8. The number of carbonyl (C=O) groups excluding carboxylic acids is 1. The van der Waals surface area contributed by atoms with Crippen molar-refractivity contribution < 1.29 is 4.79 Å². The van der Waals surface area contributed by atoms with Crippen molar-refractivity contribution in [3.8, 4) is 0 Å². The van der Waals surface area contributed by atoms with Crippen molar-refractivity contribution >= 4 is 17.2 Å². The van der Waals surface area contributed by atoms with E-state index in [0.717, 1.165) is 13.0 Å². The average Bonchev–Trinajstić information content (AvgIpc) is 2.89. The summed E-state index contributed by atoms with van der Waals surface area (Å²) in [5.41, 5.74) is 1.21. The van der Waals surface area contributed by atoms with Crippen LogP contribution in [0, 0.1) is 5.92 Å². The van der Waals surface area contributed by atoms with Gasteiger partial charge in [-0.05, 0) is 28.3 Å². The smallest absolute Gasteiger partial charge is 0.238 e. The quantitative estimate of drug-likeness (QED) is 0.872. The van der Waals surface area contributed by atoms with Crippen LogP contribution >= 0.6 is 11.3 Å². The first-order valence-corrected chi connectivity index (χ1v) is 6.71. The normalized spacial score (nSPS) is 22.8. The third kappa shape index (κ3) is 2.28. The minimum Gasteiger partial charge on any atom is -0.322 e. The van der Waals surface area contributed by atoms with Gasteiger partial charge in [0.15, 0.2) is 0 Å². The molecule has 1 fully saturated rings. The molecule has 88 valence electrons. The first kappa shape index (κ1) is 11.6. The van der Waals surface area contributed by atoms with Crippen molar-refractivity contribution in [2.45, 2.75) is 26.4 Å². The van der Waals surface area contributed by atoms with E-state index in [9.17, 15) is 4.79 Å².